The first kappa shape index (κ1) is 11.8. The molecule has 2 rings (SSSR count). The molecule has 0 saturated heterocycles. The first-order valence-electron chi connectivity index (χ1n) is 5.34. The predicted molar refractivity (Wildman–Crippen MR) is 65.0 cm³/mol. The van der Waals surface area contributed by atoms with Crippen LogP contribution in [0.5, 0.6) is 0 Å². The van der Waals surface area contributed by atoms with Gasteiger partial charge in [-0.05, 0) is 31.2 Å². The van der Waals surface area contributed by atoms with E-state index in [1.165, 1.54) is 0 Å². The summed E-state index contributed by atoms with van der Waals surface area (Å²) in [5.41, 5.74) is 1.50. The summed E-state index contributed by atoms with van der Waals surface area (Å²) < 4.78 is 1.65. The van der Waals surface area contributed by atoms with Gasteiger partial charge in [-0.25, -0.2) is 9.67 Å². The number of carbonyl (C=O) groups excluding carboxylic acids is 1. The van der Waals surface area contributed by atoms with Gasteiger partial charge in [-0.3, -0.25) is 4.79 Å². The Hall–Kier alpha value is -2.68. The van der Waals surface area contributed by atoms with Crippen LogP contribution in [-0.2, 0) is 4.79 Å². The molecule has 0 fully saturated rings. The maximum Gasteiger partial charge on any atom is 0.238 e. The van der Waals surface area contributed by atoms with Crippen molar-refractivity contribution < 1.29 is 4.79 Å². The molecule has 0 saturated carbocycles. The van der Waals surface area contributed by atoms with Crippen molar-refractivity contribution in [2.24, 2.45) is 0 Å². The monoisotopic (exact) mass is 241 g/mol. The number of nitrogens with one attached hydrogen (secondary N) is 1. The van der Waals surface area contributed by atoms with Gasteiger partial charge in [0.15, 0.2) is 0 Å². The Morgan fingerprint density at radius 3 is 2.72 bits per heavy atom. The summed E-state index contributed by atoms with van der Waals surface area (Å²) in [5.74, 6) is 0.378. The number of aromatic nitrogens is 3. The van der Waals surface area contributed by atoms with E-state index in [9.17, 15) is 4.79 Å². The molecule has 0 radical (unpaired) electrons. The van der Waals surface area contributed by atoms with Gasteiger partial charge in [0.25, 0.3) is 0 Å². The minimum Gasteiger partial charge on any atom is -0.325 e. The fraction of sp³-hybridized carbons (Fsp3) is 0.167. The molecule has 90 valence electrons. The molecule has 0 aliphatic carbocycles. The van der Waals surface area contributed by atoms with Crippen LogP contribution < -0.4 is 5.32 Å². The van der Waals surface area contributed by atoms with Crippen LogP contribution in [0.1, 0.15) is 12.2 Å². The van der Waals surface area contributed by atoms with E-state index < -0.39 is 0 Å². The average molecular weight is 241 g/mol. The molecule has 0 aliphatic heterocycles. The summed E-state index contributed by atoms with van der Waals surface area (Å²) in [6.07, 6.45) is 1.47. The van der Waals surface area contributed by atoms with Crippen LogP contribution in [0, 0.1) is 18.3 Å². The van der Waals surface area contributed by atoms with Crippen LogP contribution in [0.15, 0.2) is 30.6 Å². The lowest BCUT2D eigenvalue weighted by Gasteiger charge is -2.04. The number of aryl methyl sites for hydroxylation is 1. The fourth-order valence-electron chi connectivity index (χ4n) is 1.44. The maximum absolute atomic E-state index is 11.2. The fourth-order valence-corrected chi connectivity index (χ4v) is 1.44. The molecule has 2 aromatic rings. The molecular weight excluding hydrogens is 230 g/mol. The standard InChI is InChI=1S/C12H11N5O/c1-9-14-8-17(16-9)11-4-2-10(3-5-11)15-12(18)6-7-13/h2-5,8H,6H2,1H3,(H,15,18). The van der Waals surface area contributed by atoms with Crippen molar-refractivity contribution in [3.63, 3.8) is 0 Å². The highest BCUT2D eigenvalue weighted by Gasteiger charge is 2.02. The van der Waals surface area contributed by atoms with Gasteiger partial charge < -0.3 is 5.32 Å². The highest BCUT2D eigenvalue weighted by atomic mass is 16.1. The molecule has 0 bridgehead atoms. The molecule has 0 atom stereocenters. The Kier molecular flexibility index (Phi) is 3.34. The third kappa shape index (κ3) is 2.71. The number of anilines is 1. The zero-order valence-corrected chi connectivity index (χ0v) is 9.79. The van der Waals surface area contributed by atoms with Gasteiger partial charge in [0.05, 0.1) is 11.8 Å². The number of carbonyl (C=O) groups is 1. The molecule has 1 heterocycles. The molecule has 6 heteroatoms. The SMILES string of the molecule is Cc1ncn(-c2ccc(NC(=O)CC#N)cc2)n1. The molecule has 18 heavy (non-hydrogen) atoms. The topological polar surface area (TPSA) is 83.6 Å². The average Bonchev–Trinajstić information content (AvgIpc) is 2.77. The number of amides is 1. The Bertz CT molecular complexity index is 594. The van der Waals surface area contributed by atoms with E-state index in [0.717, 1.165) is 5.69 Å². The van der Waals surface area contributed by atoms with Crippen molar-refractivity contribution in [2.75, 3.05) is 5.32 Å². The Labute approximate surface area is 104 Å². The Balaban J connectivity index is 2.11. The van der Waals surface area contributed by atoms with Gasteiger partial charge in [0.1, 0.15) is 18.6 Å². The van der Waals surface area contributed by atoms with Gasteiger partial charge >= 0.3 is 0 Å². The van der Waals surface area contributed by atoms with Crippen LogP contribution in [0.25, 0.3) is 5.69 Å². The molecule has 6 nitrogen and oxygen atoms in total. The van der Waals surface area contributed by atoms with E-state index in [1.807, 2.05) is 19.1 Å². The third-order valence-corrected chi connectivity index (χ3v) is 2.26. The lowest BCUT2D eigenvalue weighted by Crippen LogP contribution is -2.10. The lowest BCUT2D eigenvalue weighted by molar-refractivity contribution is -0.115. The van der Waals surface area contributed by atoms with Crippen LogP contribution in [0.3, 0.4) is 0 Å². The summed E-state index contributed by atoms with van der Waals surface area (Å²) >= 11 is 0. The van der Waals surface area contributed by atoms with Crippen molar-refractivity contribution in [1.82, 2.24) is 14.8 Å². The molecule has 0 spiro atoms. The van der Waals surface area contributed by atoms with Gasteiger partial charge in [-0.2, -0.15) is 10.4 Å². The second-order valence-corrected chi connectivity index (χ2v) is 3.67. The second-order valence-electron chi connectivity index (χ2n) is 3.67. The zero-order valence-electron chi connectivity index (χ0n) is 9.79. The minimum atomic E-state index is -0.318. The minimum absolute atomic E-state index is 0.149. The van der Waals surface area contributed by atoms with Crippen molar-refractivity contribution in [1.29, 1.82) is 5.26 Å². The van der Waals surface area contributed by atoms with Crippen LogP contribution >= 0.6 is 0 Å². The van der Waals surface area contributed by atoms with Gasteiger partial charge in [0, 0.05) is 5.69 Å². The normalized spacial score (nSPS) is 9.78. The molecule has 1 N–H and O–H groups in total. The van der Waals surface area contributed by atoms with Crippen molar-refractivity contribution >= 4 is 11.6 Å². The lowest BCUT2D eigenvalue weighted by atomic mass is 10.2. The second kappa shape index (κ2) is 5.10. The highest BCUT2D eigenvalue weighted by Crippen LogP contribution is 2.12. The van der Waals surface area contributed by atoms with Crippen molar-refractivity contribution in [3.8, 4) is 11.8 Å². The van der Waals surface area contributed by atoms with E-state index in [0.29, 0.717) is 11.5 Å². The first-order chi connectivity index (χ1) is 8.69. The van der Waals surface area contributed by atoms with E-state index in [1.54, 1.807) is 29.2 Å². The van der Waals surface area contributed by atoms with Crippen LogP contribution in [0.4, 0.5) is 5.69 Å². The third-order valence-electron chi connectivity index (χ3n) is 2.26. The van der Waals surface area contributed by atoms with E-state index in [2.05, 4.69) is 15.4 Å². The summed E-state index contributed by atoms with van der Waals surface area (Å²) in [6, 6.07) is 8.93. The number of hydrogen-bond acceptors (Lipinski definition) is 4. The number of nitrogens with zero attached hydrogens (tertiary/aromatic N) is 4. The summed E-state index contributed by atoms with van der Waals surface area (Å²) in [7, 11) is 0. The Morgan fingerprint density at radius 1 is 1.44 bits per heavy atom. The molecule has 0 aliphatic rings. The van der Waals surface area contributed by atoms with Crippen molar-refractivity contribution in [2.45, 2.75) is 13.3 Å². The van der Waals surface area contributed by atoms with Crippen LogP contribution in [-0.4, -0.2) is 20.7 Å². The van der Waals surface area contributed by atoms with Crippen LogP contribution in [0.2, 0.25) is 0 Å². The summed E-state index contributed by atoms with van der Waals surface area (Å²) in [4.78, 5) is 15.2. The summed E-state index contributed by atoms with van der Waals surface area (Å²) in [6.45, 7) is 1.81. The van der Waals surface area contributed by atoms with E-state index in [4.69, 9.17) is 5.26 Å². The molecule has 1 aromatic carbocycles. The highest BCUT2D eigenvalue weighted by molar-refractivity contribution is 5.92. The largest absolute Gasteiger partial charge is 0.325 e. The number of hydrogen-bond donors (Lipinski definition) is 1. The van der Waals surface area contributed by atoms with Gasteiger partial charge in [-0.15, -0.1) is 0 Å². The van der Waals surface area contributed by atoms with Crippen molar-refractivity contribution in [3.05, 3.63) is 36.4 Å². The molecule has 0 unspecified atom stereocenters. The molecule has 1 amide bonds. The molecular formula is C12H11N5O. The number of benzene rings is 1. The number of rotatable bonds is 3. The quantitative estimate of drug-likeness (QED) is 0.880. The maximum atomic E-state index is 11.2. The summed E-state index contributed by atoms with van der Waals surface area (Å²) in [5, 5.41) is 15.2. The van der Waals surface area contributed by atoms with Gasteiger partial charge in [-0.1, -0.05) is 0 Å². The van der Waals surface area contributed by atoms with Gasteiger partial charge in [0.2, 0.25) is 5.91 Å². The predicted octanol–water partition coefficient (Wildman–Crippen LogP) is 1.43. The smallest absolute Gasteiger partial charge is 0.238 e. The van der Waals surface area contributed by atoms with E-state index in [-0.39, 0.29) is 12.3 Å². The molecule has 1 aromatic heterocycles. The first-order valence-corrected chi connectivity index (χ1v) is 5.34. The Morgan fingerprint density at radius 2 is 2.17 bits per heavy atom. The van der Waals surface area contributed by atoms with E-state index >= 15 is 0 Å². The number of nitriles is 1. The zero-order chi connectivity index (χ0) is 13.0.